The Morgan fingerprint density at radius 3 is 2.67 bits per heavy atom. The average molecular weight is 273 g/mol. The summed E-state index contributed by atoms with van der Waals surface area (Å²) in [7, 11) is 0. The summed E-state index contributed by atoms with van der Waals surface area (Å²) in [6.45, 7) is 4.06. The highest BCUT2D eigenvalue weighted by molar-refractivity contribution is 9.10. The van der Waals surface area contributed by atoms with Gasteiger partial charge < -0.3 is 5.11 Å². The van der Waals surface area contributed by atoms with Crippen molar-refractivity contribution in [2.45, 2.75) is 13.8 Å². The van der Waals surface area contributed by atoms with E-state index in [2.05, 4.69) is 15.9 Å². The standard InChI is InChI=1S/C12H14BrFO/c1-8(2)10(7-15)5-9-3-4-12(14)11(13)6-9/h3-6,8,15H,7H2,1-2H3. The fourth-order valence-corrected chi connectivity index (χ4v) is 1.61. The molecule has 0 saturated heterocycles. The molecule has 0 aliphatic heterocycles. The van der Waals surface area contributed by atoms with Gasteiger partial charge in [-0.1, -0.05) is 26.0 Å². The minimum atomic E-state index is -0.276. The molecule has 1 nitrogen and oxygen atoms in total. The van der Waals surface area contributed by atoms with Crippen LogP contribution in [-0.4, -0.2) is 11.7 Å². The van der Waals surface area contributed by atoms with Crippen LogP contribution in [0.25, 0.3) is 6.08 Å². The fraction of sp³-hybridized carbons (Fsp3) is 0.333. The molecule has 0 atom stereocenters. The molecule has 0 spiro atoms. The van der Waals surface area contributed by atoms with Gasteiger partial charge in [-0.05, 0) is 45.1 Å². The minimum absolute atomic E-state index is 0.0344. The summed E-state index contributed by atoms with van der Waals surface area (Å²) in [6, 6.07) is 4.80. The Labute approximate surface area is 97.8 Å². The summed E-state index contributed by atoms with van der Waals surface area (Å²) in [4.78, 5) is 0. The van der Waals surface area contributed by atoms with Gasteiger partial charge in [0, 0.05) is 0 Å². The highest BCUT2D eigenvalue weighted by Crippen LogP contribution is 2.20. The maximum absolute atomic E-state index is 13.0. The van der Waals surface area contributed by atoms with E-state index in [4.69, 9.17) is 5.11 Å². The molecule has 1 N–H and O–H groups in total. The Morgan fingerprint density at radius 2 is 2.20 bits per heavy atom. The van der Waals surface area contributed by atoms with Gasteiger partial charge in [-0.3, -0.25) is 0 Å². The van der Waals surface area contributed by atoms with Crippen molar-refractivity contribution in [2.75, 3.05) is 6.61 Å². The van der Waals surface area contributed by atoms with Gasteiger partial charge in [-0.2, -0.15) is 0 Å². The molecule has 0 saturated carbocycles. The molecule has 0 aliphatic rings. The predicted molar refractivity (Wildman–Crippen MR) is 64.0 cm³/mol. The summed E-state index contributed by atoms with van der Waals surface area (Å²) < 4.78 is 13.4. The molecule has 0 radical (unpaired) electrons. The number of benzene rings is 1. The van der Waals surface area contributed by atoms with Crippen LogP contribution in [0.1, 0.15) is 19.4 Å². The van der Waals surface area contributed by atoms with E-state index in [0.29, 0.717) is 10.4 Å². The lowest BCUT2D eigenvalue weighted by atomic mass is 10.0. The van der Waals surface area contributed by atoms with Crippen molar-refractivity contribution in [3.8, 4) is 0 Å². The van der Waals surface area contributed by atoms with E-state index in [1.54, 1.807) is 12.1 Å². The first kappa shape index (κ1) is 12.4. The van der Waals surface area contributed by atoms with Gasteiger partial charge in [0.25, 0.3) is 0 Å². The molecule has 1 rings (SSSR count). The average Bonchev–Trinajstić information content (AvgIpc) is 2.19. The second-order valence-electron chi connectivity index (χ2n) is 3.71. The minimum Gasteiger partial charge on any atom is -0.392 e. The molecule has 1 aromatic rings. The number of aliphatic hydroxyl groups is 1. The molecule has 0 aliphatic carbocycles. The van der Waals surface area contributed by atoms with E-state index in [0.717, 1.165) is 11.1 Å². The number of halogens is 2. The number of hydrogen-bond acceptors (Lipinski definition) is 1. The highest BCUT2D eigenvalue weighted by Gasteiger charge is 2.03. The first-order valence-electron chi connectivity index (χ1n) is 4.81. The van der Waals surface area contributed by atoms with Gasteiger partial charge in [0.15, 0.2) is 0 Å². The number of aliphatic hydroxyl groups excluding tert-OH is 1. The Hall–Kier alpha value is -0.670. The molecule has 0 heterocycles. The van der Waals surface area contributed by atoms with Gasteiger partial charge in [0.1, 0.15) is 5.82 Å². The van der Waals surface area contributed by atoms with E-state index in [-0.39, 0.29) is 12.4 Å². The summed E-state index contributed by atoms with van der Waals surface area (Å²) in [5, 5.41) is 9.13. The van der Waals surface area contributed by atoms with Crippen molar-refractivity contribution < 1.29 is 9.50 Å². The summed E-state index contributed by atoms with van der Waals surface area (Å²) in [5.74, 6) is 0.0149. The normalized spacial score (nSPS) is 12.3. The van der Waals surface area contributed by atoms with Crippen LogP contribution in [-0.2, 0) is 0 Å². The summed E-state index contributed by atoms with van der Waals surface area (Å²) in [6.07, 6.45) is 1.88. The van der Waals surface area contributed by atoms with Crippen LogP contribution in [0, 0.1) is 11.7 Å². The molecule has 3 heteroatoms. The highest BCUT2D eigenvalue weighted by atomic mass is 79.9. The fourth-order valence-electron chi connectivity index (χ4n) is 1.21. The molecule has 0 fully saturated rings. The zero-order valence-corrected chi connectivity index (χ0v) is 10.4. The third-order valence-electron chi connectivity index (χ3n) is 2.22. The van der Waals surface area contributed by atoms with Gasteiger partial charge in [0.05, 0.1) is 11.1 Å². The molecule has 1 aromatic carbocycles. The molecule has 0 bridgehead atoms. The van der Waals surface area contributed by atoms with Crippen molar-refractivity contribution >= 4 is 22.0 Å². The Kier molecular flexibility index (Phi) is 4.48. The molecule has 15 heavy (non-hydrogen) atoms. The van der Waals surface area contributed by atoms with Gasteiger partial charge in [0.2, 0.25) is 0 Å². The van der Waals surface area contributed by atoms with Crippen molar-refractivity contribution in [3.63, 3.8) is 0 Å². The zero-order valence-electron chi connectivity index (χ0n) is 8.80. The van der Waals surface area contributed by atoms with Crippen LogP contribution in [0.15, 0.2) is 28.2 Å². The monoisotopic (exact) mass is 272 g/mol. The zero-order chi connectivity index (χ0) is 11.4. The summed E-state index contributed by atoms with van der Waals surface area (Å²) in [5.41, 5.74) is 1.83. The van der Waals surface area contributed by atoms with Crippen LogP contribution in [0.4, 0.5) is 4.39 Å². The lowest BCUT2D eigenvalue weighted by Crippen LogP contribution is -1.98. The molecule has 0 amide bonds. The van der Waals surface area contributed by atoms with Crippen molar-refractivity contribution in [3.05, 3.63) is 39.6 Å². The van der Waals surface area contributed by atoms with Crippen LogP contribution >= 0.6 is 15.9 Å². The summed E-state index contributed by atoms with van der Waals surface area (Å²) >= 11 is 3.13. The first-order valence-corrected chi connectivity index (χ1v) is 5.60. The molecular weight excluding hydrogens is 259 g/mol. The maximum Gasteiger partial charge on any atom is 0.137 e. The topological polar surface area (TPSA) is 20.2 Å². The van der Waals surface area contributed by atoms with E-state index in [1.165, 1.54) is 6.07 Å². The third-order valence-corrected chi connectivity index (χ3v) is 2.83. The SMILES string of the molecule is CC(C)C(=Cc1ccc(F)c(Br)c1)CO. The van der Waals surface area contributed by atoms with E-state index >= 15 is 0 Å². The largest absolute Gasteiger partial charge is 0.392 e. The molecule has 0 unspecified atom stereocenters. The lowest BCUT2D eigenvalue weighted by Gasteiger charge is -2.08. The number of rotatable bonds is 3. The third kappa shape index (κ3) is 3.43. The van der Waals surface area contributed by atoms with Crippen LogP contribution < -0.4 is 0 Å². The van der Waals surface area contributed by atoms with Crippen LogP contribution in [0.3, 0.4) is 0 Å². The smallest absolute Gasteiger partial charge is 0.137 e. The van der Waals surface area contributed by atoms with Crippen molar-refractivity contribution in [1.29, 1.82) is 0 Å². The second-order valence-corrected chi connectivity index (χ2v) is 4.56. The molecule has 0 aromatic heterocycles. The van der Waals surface area contributed by atoms with E-state index in [1.807, 2.05) is 19.9 Å². The Morgan fingerprint density at radius 1 is 1.53 bits per heavy atom. The second kappa shape index (κ2) is 5.42. The van der Waals surface area contributed by atoms with Crippen LogP contribution in [0.5, 0.6) is 0 Å². The first-order chi connectivity index (χ1) is 7.04. The van der Waals surface area contributed by atoms with Crippen LogP contribution in [0.2, 0.25) is 0 Å². The van der Waals surface area contributed by atoms with Gasteiger partial charge >= 0.3 is 0 Å². The lowest BCUT2D eigenvalue weighted by molar-refractivity contribution is 0.320. The Bertz CT molecular complexity index is 372. The van der Waals surface area contributed by atoms with Gasteiger partial charge in [-0.15, -0.1) is 0 Å². The van der Waals surface area contributed by atoms with Crippen molar-refractivity contribution in [2.24, 2.45) is 5.92 Å². The molecule has 82 valence electrons. The maximum atomic E-state index is 13.0. The predicted octanol–water partition coefficient (Wildman–Crippen LogP) is 3.62. The molecular formula is C12H14BrFO. The van der Waals surface area contributed by atoms with Gasteiger partial charge in [-0.25, -0.2) is 4.39 Å². The van der Waals surface area contributed by atoms with Crippen molar-refractivity contribution in [1.82, 2.24) is 0 Å². The Balaban J connectivity index is 3.01. The van der Waals surface area contributed by atoms with E-state index in [9.17, 15) is 4.39 Å². The number of hydrogen-bond donors (Lipinski definition) is 1. The quantitative estimate of drug-likeness (QED) is 0.891. The van der Waals surface area contributed by atoms with E-state index < -0.39 is 0 Å².